The molecule has 2 aliphatic heterocycles. The van der Waals surface area contributed by atoms with Crippen molar-refractivity contribution < 1.29 is 9.53 Å². The second-order valence-corrected chi connectivity index (χ2v) is 4.57. The van der Waals surface area contributed by atoms with Gasteiger partial charge < -0.3 is 15.4 Å². The highest BCUT2D eigenvalue weighted by Gasteiger charge is 2.34. The maximum atomic E-state index is 11.3. The van der Waals surface area contributed by atoms with Crippen molar-refractivity contribution in [1.29, 1.82) is 0 Å². The molecule has 0 spiro atoms. The topological polar surface area (TPSA) is 50.4 Å². The van der Waals surface area contributed by atoms with Gasteiger partial charge in [0.15, 0.2) is 0 Å². The summed E-state index contributed by atoms with van der Waals surface area (Å²) in [5, 5.41) is 6.63. The maximum Gasteiger partial charge on any atom is 0.322 e. The number of hydrogen-bond donors (Lipinski definition) is 2. The fourth-order valence-corrected chi connectivity index (χ4v) is 2.76. The highest BCUT2D eigenvalue weighted by atomic mass is 16.5. The Hall–Kier alpha value is -0.610. The van der Waals surface area contributed by atoms with E-state index in [1.54, 1.807) is 0 Å². The summed E-state index contributed by atoms with van der Waals surface area (Å²) in [7, 11) is 1.46. The standard InChI is InChI=1S/C11H20N2O2/c1-15-11(14)10-6-9(7-13-10)8-2-4-12-5-3-8/h8-10,12-13H,2-7H2,1H3. The van der Waals surface area contributed by atoms with Gasteiger partial charge >= 0.3 is 5.97 Å². The molecule has 2 unspecified atom stereocenters. The zero-order chi connectivity index (χ0) is 10.7. The summed E-state index contributed by atoms with van der Waals surface area (Å²) in [5.41, 5.74) is 0. The molecule has 4 nitrogen and oxygen atoms in total. The Morgan fingerprint density at radius 1 is 1.27 bits per heavy atom. The second-order valence-electron chi connectivity index (χ2n) is 4.57. The number of methoxy groups -OCH3 is 1. The van der Waals surface area contributed by atoms with Crippen LogP contribution in [0.1, 0.15) is 19.3 Å². The van der Waals surface area contributed by atoms with E-state index in [1.807, 2.05) is 0 Å². The Bertz CT molecular complexity index is 227. The number of carbonyl (C=O) groups excluding carboxylic acids is 1. The maximum absolute atomic E-state index is 11.3. The van der Waals surface area contributed by atoms with Crippen molar-refractivity contribution in [1.82, 2.24) is 10.6 Å². The molecule has 0 aromatic rings. The number of piperidine rings is 1. The molecule has 0 saturated carbocycles. The van der Waals surface area contributed by atoms with Crippen molar-refractivity contribution in [3.63, 3.8) is 0 Å². The third-order valence-corrected chi connectivity index (χ3v) is 3.70. The molecule has 2 saturated heterocycles. The number of nitrogens with one attached hydrogen (secondary N) is 2. The van der Waals surface area contributed by atoms with Crippen LogP contribution in [-0.4, -0.2) is 38.8 Å². The molecule has 0 aromatic carbocycles. The third kappa shape index (κ3) is 2.49. The normalized spacial score (nSPS) is 32.9. The van der Waals surface area contributed by atoms with E-state index in [1.165, 1.54) is 20.0 Å². The molecule has 2 aliphatic rings. The largest absolute Gasteiger partial charge is 0.468 e. The average Bonchev–Trinajstić information content (AvgIpc) is 2.78. The lowest BCUT2D eigenvalue weighted by Crippen LogP contribution is -2.32. The van der Waals surface area contributed by atoms with E-state index in [2.05, 4.69) is 10.6 Å². The van der Waals surface area contributed by atoms with Gasteiger partial charge in [-0.05, 0) is 50.7 Å². The Morgan fingerprint density at radius 3 is 2.67 bits per heavy atom. The van der Waals surface area contributed by atoms with Gasteiger partial charge in [0.05, 0.1) is 7.11 Å². The van der Waals surface area contributed by atoms with Gasteiger partial charge in [0, 0.05) is 0 Å². The molecule has 4 heteroatoms. The van der Waals surface area contributed by atoms with E-state index in [-0.39, 0.29) is 12.0 Å². The van der Waals surface area contributed by atoms with E-state index < -0.39 is 0 Å². The van der Waals surface area contributed by atoms with Gasteiger partial charge in [-0.2, -0.15) is 0 Å². The summed E-state index contributed by atoms with van der Waals surface area (Å²) in [6, 6.07) is -0.0603. The fourth-order valence-electron chi connectivity index (χ4n) is 2.76. The van der Waals surface area contributed by atoms with Crippen molar-refractivity contribution in [2.75, 3.05) is 26.7 Å². The van der Waals surface area contributed by atoms with E-state index in [0.29, 0.717) is 5.92 Å². The predicted molar refractivity (Wildman–Crippen MR) is 57.5 cm³/mol. The van der Waals surface area contributed by atoms with Gasteiger partial charge in [-0.1, -0.05) is 0 Å². The molecule has 2 rings (SSSR count). The first kappa shape index (κ1) is 10.9. The molecule has 15 heavy (non-hydrogen) atoms. The summed E-state index contributed by atoms with van der Waals surface area (Å²) in [6.07, 6.45) is 3.46. The van der Waals surface area contributed by atoms with E-state index in [0.717, 1.165) is 32.0 Å². The highest BCUT2D eigenvalue weighted by Crippen LogP contribution is 2.29. The smallest absolute Gasteiger partial charge is 0.322 e. The van der Waals surface area contributed by atoms with E-state index in [9.17, 15) is 4.79 Å². The highest BCUT2D eigenvalue weighted by molar-refractivity contribution is 5.76. The first-order valence-electron chi connectivity index (χ1n) is 5.83. The summed E-state index contributed by atoms with van der Waals surface area (Å²) < 4.78 is 4.76. The van der Waals surface area contributed by atoms with Gasteiger partial charge in [-0.25, -0.2) is 0 Å². The molecule has 2 fully saturated rings. The van der Waals surface area contributed by atoms with E-state index in [4.69, 9.17) is 4.74 Å². The van der Waals surface area contributed by atoms with Crippen molar-refractivity contribution in [2.24, 2.45) is 11.8 Å². The van der Waals surface area contributed by atoms with Gasteiger partial charge in [0.25, 0.3) is 0 Å². The van der Waals surface area contributed by atoms with Crippen LogP contribution in [0, 0.1) is 11.8 Å². The van der Waals surface area contributed by atoms with Crippen LogP contribution in [0.3, 0.4) is 0 Å². The fraction of sp³-hybridized carbons (Fsp3) is 0.909. The van der Waals surface area contributed by atoms with Crippen LogP contribution in [0.2, 0.25) is 0 Å². The third-order valence-electron chi connectivity index (χ3n) is 3.70. The molecule has 0 aliphatic carbocycles. The quantitative estimate of drug-likeness (QED) is 0.639. The molecule has 2 N–H and O–H groups in total. The molecule has 0 bridgehead atoms. The summed E-state index contributed by atoms with van der Waals surface area (Å²) in [5.74, 6) is 1.34. The molecule has 0 amide bonds. The van der Waals surface area contributed by atoms with Crippen LogP contribution in [-0.2, 0) is 9.53 Å². The summed E-state index contributed by atoms with van der Waals surface area (Å²) >= 11 is 0. The van der Waals surface area contributed by atoms with Crippen molar-refractivity contribution in [2.45, 2.75) is 25.3 Å². The van der Waals surface area contributed by atoms with E-state index >= 15 is 0 Å². The molecule has 0 aromatic heterocycles. The van der Waals surface area contributed by atoms with Crippen LogP contribution in [0.15, 0.2) is 0 Å². The lowest BCUT2D eigenvalue weighted by molar-refractivity contribution is -0.142. The monoisotopic (exact) mass is 212 g/mol. The molecule has 2 heterocycles. The first-order valence-corrected chi connectivity index (χ1v) is 5.83. The van der Waals surface area contributed by atoms with Crippen LogP contribution < -0.4 is 10.6 Å². The van der Waals surface area contributed by atoms with Crippen molar-refractivity contribution in [3.8, 4) is 0 Å². The zero-order valence-electron chi connectivity index (χ0n) is 9.29. The summed E-state index contributed by atoms with van der Waals surface area (Å²) in [4.78, 5) is 11.3. The summed E-state index contributed by atoms with van der Waals surface area (Å²) in [6.45, 7) is 3.23. The number of esters is 1. The number of ether oxygens (including phenoxy) is 1. The number of hydrogen-bond acceptors (Lipinski definition) is 4. The van der Waals surface area contributed by atoms with Gasteiger partial charge in [0.2, 0.25) is 0 Å². The van der Waals surface area contributed by atoms with Crippen LogP contribution in [0.5, 0.6) is 0 Å². The lowest BCUT2D eigenvalue weighted by atomic mass is 9.83. The van der Waals surface area contributed by atoms with Gasteiger partial charge in [-0.15, -0.1) is 0 Å². The molecule has 2 atom stereocenters. The van der Waals surface area contributed by atoms with Crippen molar-refractivity contribution in [3.05, 3.63) is 0 Å². The molecular weight excluding hydrogens is 192 g/mol. The van der Waals surface area contributed by atoms with Gasteiger partial charge in [0.1, 0.15) is 6.04 Å². The molecular formula is C11H20N2O2. The van der Waals surface area contributed by atoms with Crippen LogP contribution in [0.4, 0.5) is 0 Å². The number of rotatable bonds is 2. The zero-order valence-corrected chi connectivity index (χ0v) is 9.29. The van der Waals surface area contributed by atoms with Crippen molar-refractivity contribution >= 4 is 5.97 Å². The van der Waals surface area contributed by atoms with Crippen LogP contribution >= 0.6 is 0 Å². The Labute approximate surface area is 90.8 Å². The minimum atomic E-state index is -0.105. The van der Waals surface area contributed by atoms with Gasteiger partial charge in [-0.3, -0.25) is 4.79 Å². The Morgan fingerprint density at radius 2 is 2.00 bits per heavy atom. The Kier molecular flexibility index (Phi) is 3.59. The number of carbonyl (C=O) groups is 1. The van der Waals surface area contributed by atoms with Crippen LogP contribution in [0.25, 0.3) is 0 Å². The lowest BCUT2D eigenvalue weighted by Gasteiger charge is -2.27. The molecule has 86 valence electrons. The SMILES string of the molecule is COC(=O)C1CC(C2CCNCC2)CN1. The molecule has 0 radical (unpaired) electrons. The Balaban J connectivity index is 1.83. The minimum absolute atomic E-state index is 0.0603. The second kappa shape index (κ2) is 4.94. The average molecular weight is 212 g/mol. The minimum Gasteiger partial charge on any atom is -0.468 e. The predicted octanol–water partition coefficient (Wildman–Crippen LogP) is 0.137. The first-order chi connectivity index (χ1) is 7.31.